The largest absolute Gasteiger partial charge is 0.477 e. The highest BCUT2D eigenvalue weighted by molar-refractivity contribution is 7.14. The Morgan fingerprint density at radius 3 is 2.17 bits per heavy atom. The monoisotopic (exact) mass is 429 g/mol. The molecule has 0 fully saturated rings. The van der Waals surface area contributed by atoms with Crippen LogP contribution in [0.1, 0.15) is 90.7 Å². The van der Waals surface area contributed by atoms with E-state index in [1.54, 1.807) is 0 Å². The maximum absolute atomic E-state index is 11.6. The molecule has 1 atom stereocenters. The van der Waals surface area contributed by atoms with Gasteiger partial charge in [0, 0.05) is 10.3 Å². The zero-order chi connectivity index (χ0) is 22.7. The summed E-state index contributed by atoms with van der Waals surface area (Å²) in [4.78, 5) is 24.4. The van der Waals surface area contributed by atoms with E-state index in [1.165, 1.54) is 28.0 Å². The normalized spacial score (nSPS) is 13.3. The fourth-order valence-electron chi connectivity index (χ4n) is 4.29. The van der Waals surface area contributed by atoms with Gasteiger partial charge in [0.25, 0.3) is 0 Å². The zero-order valence-corrected chi connectivity index (χ0v) is 20.2. The van der Waals surface area contributed by atoms with Gasteiger partial charge in [0.05, 0.1) is 6.04 Å². The summed E-state index contributed by atoms with van der Waals surface area (Å²) in [6.45, 7) is 14.5. The number of carboxylic acids is 1. The topological polar surface area (TPSA) is 66.7 Å². The van der Waals surface area contributed by atoms with Gasteiger partial charge in [-0.05, 0) is 73.3 Å². The summed E-state index contributed by atoms with van der Waals surface area (Å²) in [6.07, 6.45) is 3.38. The minimum Gasteiger partial charge on any atom is -0.477 e. The summed E-state index contributed by atoms with van der Waals surface area (Å²) in [5.74, 6) is -0.853. The van der Waals surface area contributed by atoms with Gasteiger partial charge in [0.15, 0.2) is 0 Å². The quantitative estimate of drug-likeness (QED) is 0.426. The predicted molar refractivity (Wildman–Crippen MR) is 126 cm³/mol. The maximum Gasteiger partial charge on any atom is 0.346 e. The van der Waals surface area contributed by atoms with Crippen molar-refractivity contribution in [2.75, 3.05) is 0 Å². The smallest absolute Gasteiger partial charge is 0.346 e. The van der Waals surface area contributed by atoms with Crippen molar-refractivity contribution < 1.29 is 9.90 Å². The molecule has 1 heterocycles. The summed E-state index contributed by atoms with van der Waals surface area (Å²) in [6, 6.07) is 8.45. The van der Waals surface area contributed by atoms with E-state index in [2.05, 4.69) is 64.9 Å². The Balaban J connectivity index is 2.39. The number of aromatic carboxylic acids is 1. The van der Waals surface area contributed by atoms with Crippen molar-refractivity contribution in [2.45, 2.75) is 85.6 Å². The molecule has 0 saturated carbocycles. The first-order valence-electron chi connectivity index (χ1n) is 10.8. The molecule has 2 rings (SSSR count). The zero-order valence-electron chi connectivity index (χ0n) is 19.3. The van der Waals surface area contributed by atoms with E-state index in [-0.39, 0.29) is 16.9 Å². The van der Waals surface area contributed by atoms with E-state index >= 15 is 0 Å². The second kappa shape index (κ2) is 9.42. The number of benzene rings is 1. The fourth-order valence-corrected chi connectivity index (χ4v) is 5.65. The van der Waals surface area contributed by atoms with Crippen LogP contribution in [-0.2, 0) is 11.8 Å². The lowest BCUT2D eigenvalue weighted by Gasteiger charge is -2.32. The molecular weight excluding hydrogens is 394 g/mol. The molecule has 0 aliphatic carbocycles. The Morgan fingerprint density at radius 2 is 1.73 bits per heavy atom. The number of hydrogen-bond donors (Lipinski definition) is 1. The summed E-state index contributed by atoms with van der Waals surface area (Å²) < 4.78 is 0. The fraction of sp³-hybridized carbons (Fsp3) is 0.560. The second-order valence-electron chi connectivity index (χ2n) is 9.38. The van der Waals surface area contributed by atoms with Crippen LogP contribution in [-0.4, -0.2) is 17.1 Å². The van der Waals surface area contributed by atoms with Crippen molar-refractivity contribution in [3.05, 3.63) is 61.2 Å². The van der Waals surface area contributed by atoms with E-state index in [4.69, 9.17) is 0 Å². The predicted octanol–water partition coefficient (Wildman–Crippen LogP) is 7.28. The van der Waals surface area contributed by atoms with Crippen LogP contribution in [0.3, 0.4) is 0 Å². The van der Waals surface area contributed by atoms with Gasteiger partial charge in [-0.3, -0.25) is 0 Å². The summed E-state index contributed by atoms with van der Waals surface area (Å²) in [5.41, 5.74) is 4.19. The molecule has 0 aliphatic heterocycles. The van der Waals surface area contributed by atoms with Crippen LogP contribution >= 0.6 is 11.3 Å². The van der Waals surface area contributed by atoms with Crippen LogP contribution in [0.25, 0.3) is 0 Å². The highest BCUT2D eigenvalue weighted by Gasteiger charge is 2.34. The minimum absolute atomic E-state index is 0.131. The van der Waals surface area contributed by atoms with Gasteiger partial charge < -0.3 is 5.11 Å². The van der Waals surface area contributed by atoms with Gasteiger partial charge in [0.1, 0.15) is 4.88 Å². The number of nitroso groups, excluding NO2 is 1. The number of carboxylic acid groups (broad SMARTS) is 1. The molecule has 4 nitrogen and oxygen atoms in total. The summed E-state index contributed by atoms with van der Waals surface area (Å²) >= 11 is 1.40. The third-order valence-electron chi connectivity index (χ3n) is 6.50. The molecule has 0 spiro atoms. The Morgan fingerprint density at radius 1 is 1.10 bits per heavy atom. The number of carbonyl (C=O) groups is 1. The first kappa shape index (κ1) is 24.3. The highest BCUT2D eigenvalue weighted by atomic mass is 32.1. The molecule has 2 aromatic rings. The molecular formula is C25H35NO3S. The Labute approximate surface area is 184 Å². The van der Waals surface area contributed by atoms with Gasteiger partial charge in [0.2, 0.25) is 0 Å². The van der Waals surface area contributed by atoms with Crippen molar-refractivity contribution in [3.63, 3.8) is 0 Å². The molecule has 1 aromatic carbocycles. The molecule has 164 valence electrons. The van der Waals surface area contributed by atoms with Gasteiger partial charge in [-0.15, -0.1) is 11.3 Å². The molecule has 0 radical (unpaired) electrons. The molecule has 1 N–H and O–H groups in total. The number of aryl methyl sites for hydroxylation is 3. The number of hydrogen-bond acceptors (Lipinski definition) is 4. The molecule has 1 aromatic heterocycles. The average Bonchev–Trinajstić information content (AvgIpc) is 3.06. The number of nitrogens with zero attached hydrogens (tertiary/aromatic N) is 1. The van der Waals surface area contributed by atoms with Crippen LogP contribution in [0.15, 0.2) is 29.4 Å². The third-order valence-corrected chi connectivity index (χ3v) is 7.93. The van der Waals surface area contributed by atoms with Gasteiger partial charge in [-0.25, -0.2) is 4.79 Å². The Hall–Kier alpha value is -2.01. The van der Waals surface area contributed by atoms with E-state index in [1.807, 2.05) is 13.0 Å². The molecule has 0 amide bonds. The van der Waals surface area contributed by atoms with Crippen LogP contribution in [0.2, 0.25) is 0 Å². The second-order valence-corrected chi connectivity index (χ2v) is 10.4. The first-order valence-corrected chi connectivity index (χ1v) is 11.6. The Bertz CT molecular complexity index is 904. The van der Waals surface area contributed by atoms with Crippen molar-refractivity contribution in [1.29, 1.82) is 0 Å². The lowest BCUT2D eigenvalue weighted by molar-refractivity contribution is 0.0701. The summed E-state index contributed by atoms with van der Waals surface area (Å²) in [5, 5.41) is 12.9. The van der Waals surface area contributed by atoms with Gasteiger partial charge in [-0.2, -0.15) is 4.91 Å². The molecule has 30 heavy (non-hydrogen) atoms. The lowest BCUT2D eigenvalue weighted by Crippen LogP contribution is -2.25. The van der Waals surface area contributed by atoms with Crippen molar-refractivity contribution in [2.24, 2.45) is 10.6 Å². The lowest BCUT2D eigenvalue weighted by atomic mass is 9.73. The molecule has 0 saturated heterocycles. The van der Waals surface area contributed by atoms with Crippen LogP contribution in [0, 0.1) is 24.2 Å². The first-order chi connectivity index (χ1) is 14.0. The van der Waals surface area contributed by atoms with Gasteiger partial charge >= 0.3 is 5.97 Å². The van der Waals surface area contributed by atoms with E-state index in [0.29, 0.717) is 4.88 Å². The number of thiophene rings is 1. The number of rotatable bonds is 9. The Kier molecular flexibility index (Phi) is 7.62. The van der Waals surface area contributed by atoms with E-state index in [0.717, 1.165) is 36.1 Å². The summed E-state index contributed by atoms with van der Waals surface area (Å²) in [7, 11) is 0. The average molecular weight is 430 g/mol. The standard InChI is InChI=1S/C25H35NO3S/c1-8-25(9-2,21-15-17(4)22(30-21)23(27)28)19-12-10-18(16(3)14-19)11-13-20(26-29)24(5,6)7/h10,12,14-15,20H,8-9,11,13H2,1-7H3,(H,27,28). The van der Waals surface area contributed by atoms with E-state index < -0.39 is 5.97 Å². The minimum atomic E-state index is -0.853. The molecule has 5 heteroatoms. The molecule has 0 aliphatic rings. The van der Waals surface area contributed by atoms with Crippen LogP contribution < -0.4 is 0 Å². The molecule has 1 unspecified atom stereocenters. The van der Waals surface area contributed by atoms with Crippen LogP contribution in [0.5, 0.6) is 0 Å². The van der Waals surface area contributed by atoms with Crippen molar-refractivity contribution in [1.82, 2.24) is 0 Å². The van der Waals surface area contributed by atoms with E-state index in [9.17, 15) is 14.8 Å². The third kappa shape index (κ3) is 4.83. The van der Waals surface area contributed by atoms with Gasteiger partial charge in [-0.1, -0.05) is 58.0 Å². The SMILES string of the molecule is CCC(CC)(c1ccc(CCC(N=O)C(C)(C)C)c(C)c1)c1cc(C)c(C(=O)O)s1. The molecule has 0 bridgehead atoms. The van der Waals surface area contributed by atoms with Crippen LogP contribution in [0.4, 0.5) is 0 Å². The maximum atomic E-state index is 11.6. The van der Waals surface area contributed by atoms with Crippen molar-refractivity contribution in [3.8, 4) is 0 Å². The highest BCUT2D eigenvalue weighted by Crippen LogP contribution is 2.44. The van der Waals surface area contributed by atoms with Crippen molar-refractivity contribution >= 4 is 17.3 Å².